The van der Waals surface area contributed by atoms with Crippen LogP contribution in [0.15, 0.2) is 48.5 Å². The van der Waals surface area contributed by atoms with Crippen LogP contribution in [0.25, 0.3) is 0 Å². The Morgan fingerprint density at radius 1 is 1.22 bits per heavy atom. The summed E-state index contributed by atoms with van der Waals surface area (Å²) in [4.78, 5) is 40.3. The fraction of sp³-hybridized carbons (Fsp3) is 0.370. The second kappa shape index (κ2) is 11.2. The summed E-state index contributed by atoms with van der Waals surface area (Å²) in [6, 6.07) is 10.6. The van der Waals surface area contributed by atoms with Gasteiger partial charge in [0.25, 0.3) is 0 Å². The van der Waals surface area contributed by atoms with Crippen molar-refractivity contribution in [3.63, 3.8) is 0 Å². The third-order valence-corrected chi connectivity index (χ3v) is 5.87. The average molecular weight is 496 g/mol. The van der Waals surface area contributed by atoms with Crippen LogP contribution in [-0.4, -0.2) is 52.6 Å². The van der Waals surface area contributed by atoms with Crippen LogP contribution in [0.4, 0.5) is 9.18 Å². The molecule has 1 saturated heterocycles. The van der Waals surface area contributed by atoms with Gasteiger partial charge in [-0.1, -0.05) is 51.0 Å². The molecule has 3 N–H and O–H groups in total. The Hall–Kier alpha value is -3.90. The highest BCUT2D eigenvalue weighted by atomic mass is 19.1. The fourth-order valence-electron chi connectivity index (χ4n) is 3.94. The summed E-state index contributed by atoms with van der Waals surface area (Å²) in [6.07, 6.45) is 3.55. The maximum atomic E-state index is 14.2. The quantitative estimate of drug-likeness (QED) is 0.534. The lowest BCUT2D eigenvalue weighted by molar-refractivity contribution is -0.142. The third-order valence-electron chi connectivity index (χ3n) is 5.87. The normalized spacial score (nSPS) is 18.2. The van der Waals surface area contributed by atoms with E-state index in [1.807, 2.05) is 0 Å². The number of halogens is 1. The van der Waals surface area contributed by atoms with Gasteiger partial charge in [0.2, 0.25) is 11.8 Å². The van der Waals surface area contributed by atoms with Crippen molar-refractivity contribution in [3.05, 3.63) is 65.5 Å². The van der Waals surface area contributed by atoms with Crippen LogP contribution in [0.3, 0.4) is 0 Å². The molecule has 2 aromatic carbocycles. The Morgan fingerprint density at radius 3 is 2.53 bits per heavy atom. The summed E-state index contributed by atoms with van der Waals surface area (Å²) in [5.74, 6) is 1.02. The molecule has 0 bridgehead atoms. The molecule has 1 aliphatic heterocycles. The molecule has 1 fully saturated rings. The van der Waals surface area contributed by atoms with Crippen LogP contribution in [0.5, 0.6) is 5.75 Å². The molecule has 3 amide bonds. The predicted octanol–water partition coefficient (Wildman–Crippen LogP) is 2.59. The molecule has 8 nitrogen and oxygen atoms in total. The molecule has 2 aromatic rings. The lowest BCUT2D eigenvalue weighted by Crippen LogP contribution is -2.58. The maximum absolute atomic E-state index is 14.2. The number of hydrogen-bond acceptors (Lipinski definition) is 5. The molecule has 0 aliphatic carbocycles. The number of β-amino-alcohol motifs (C(OH)–C–C–N with tert-alkyl or cyclic N) is 1. The summed E-state index contributed by atoms with van der Waals surface area (Å²) >= 11 is 0. The number of likely N-dealkylation sites (tertiary alicyclic amines) is 1. The Morgan fingerprint density at radius 2 is 1.92 bits per heavy atom. The smallest absolute Gasteiger partial charge is 0.410 e. The Labute approximate surface area is 209 Å². The van der Waals surface area contributed by atoms with Gasteiger partial charge in [-0.05, 0) is 29.7 Å². The molecule has 1 aliphatic rings. The molecular weight excluding hydrogens is 465 g/mol. The van der Waals surface area contributed by atoms with E-state index in [4.69, 9.17) is 11.2 Å². The van der Waals surface area contributed by atoms with E-state index in [2.05, 4.69) is 16.6 Å². The van der Waals surface area contributed by atoms with Gasteiger partial charge < -0.3 is 25.4 Å². The number of hydrogen-bond donors (Lipinski definition) is 3. The van der Waals surface area contributed by atoms with Crippen LogP contribution in [-0.2, 0) is 16.1 Å². The SMILES string of the molecule is C#Cc1ccc(CNC(=O)[C@@H]2C[C@@H](O)CN2C(=O)[C@@H](NC(=O)Oc2ccccc2)C(C)(C)C)c(F)c1. The van der Waals surface area contributed by atoms with Gasteiger partial charge >= 0.3 is 6.09 Å². The first kappa shape index (κ1) is 26.7. The van der Waals surface area contributed by atoms with Crippen LogP contribution < -0.4 is 15.4 Å². The zero-order valence-corrected chi connectivity index (χ0v) is 20.5. The van der Waals surface area contributed by atoms with Gasteiger partial charge in [0, 0.05) is 30.6 Å². The molecule has 0 radical (unpaired) electrons. The highest BCUT2D eigenvalue weighted by Crippen LogP contribution is 2.26. The second-order valence-electron chi connectivity index (χ2n) is 9.71. The first-order chi connectivity index (χ1) is 17.0. The molecule has 0 unspecified atom stereocenters. The summed E-state index contributed by atoms with van der Waals surface area (Å²) in [5, 5.41) is 15.5. The van der Waals surface area contributed by atoms with Crippen molar-refractivity contribution in [1.82, 2.24) is 15.5 Å². The molecule has 36 heavy (non-hydrogen) atoms. The number of benzene rings is 2. The van der Waals surface area contributed by atoms with E-state index in [-0.39, 0.29) is 25.1 Å². The molecule has 190 valence electrons. The molecule has 9 heteroatoms. The molecule has 3 rings (SSSR count). The minimum Gasteiger partial charge on any atom is -0.410 e. The highest BCUT2D eigenvalue weighted by molar-refractivity contribution is 5.92. The lowest BCUT2D eigenvalue weighted by atomic mass is 9.85. The van der Waals surface area contributed by atoms with Gasteiger partial charge in [-0.15, -0.1) is 6.42 Å². The zero-order chi connectivity index (χ0) is 26.5. The van der Waals surface area contributed by atoms with Crippen molar-refractivity contribution in [1.29, 1.82) is 0 Å². The number of nitrogens with one attached hydrogen (secondary N) is 2. The van der Waals surface area contributed by atoms with Gasteiger partial charge in [0.1, 0.15) is 23.7 Å². The summed E-state index contributed by atoms with van der Waals surface area (Å²) < 4.78 is 19.5. The first-order valence-electron chi connectivity index (χ1n) is 11.5. The summed E-state index contributed by atoms with van der Waals surface area (Å²) in [7, 11) is 0. The Bertz CT molecular complexity index is 1160. The van der Waals surface area contributed by atoms with Crippen molar-refractivity contribution in [2.24, 2.45) is 5.41 Å². The van der Waals surface area contributed by atoms with Gasteiger partial charge in [0.15, 0.2) is 0 Å². The number of carbonyl (C=O) groups excluding carboxylic acids is 3. The van der Waals surface area contributed by atoms with Gasteiger partial charge in [-0.25, -0.2) is 9.18 Å². The van der Waals surface area contributed by atoms with E-state index in [9.17, 15) is 23.9 Å². The summed E-state index contributed by atoms with van der Waals surface area (Å²) in [6.45, 7) is 5.10. The van der Waals surface area contributed by atoms with Gasteiger partial charge in [-0.3, -0.25) is 9.59 Å². The van der Waals surface area contributed by atoms with Crippen LogP contribution in [0.1, 0.15) is 38.3 Å². The van der Waals surface area contributed by atoms with Crippen molar-refractivity contribution >= 4 is 17.9 Å². The lowest BCUT2D eigenvalue weighted by Gasteiger charge is -2.35. The maximum Gasteiger partial charge on any atom is 0.413 e. The number of rotatable bonds is 6. The van der Waals surface area contributed by atoms with E-state index in [0.29, 0.717) is 11.3 Å². The predicted molar refractivity (Wildman–Crippen MR) is 131 cm³/mol. The number of nitrogens with zero attached hydrogens (tertiary/aromatic N) is 1. The van der Waals surface area contributed by atoms with E-state index < -0.39 is 47.3 Å². The second-order valence-corrected chi connectivity index (χ2v) is 9.71. The number of terminal acetylenes is 1. The fourth-order valence-corrected chi connectivity index (χ4v) is 3.94. The first-order valence-corrected chi connectivity index (χ1v) is 11.5. The number of para-hydroxylation sites is 1. The van der Waals surface area contributed by atoms with Crippen molar-refractivity contribution in [2.75, 3.05) is 6.54 Å². The number of carbonyl (C=O) groups is 3. The number of aliphatic hydroxyl groups is 1. The van der Waals surface area contributed by atoms with Gasteiger partial charge in [-0.2, -0.15) is 0 Å². The topological polar surface area (TPSA) is 108 Å². The number of amides is 3. The van der Waals surface area contributed by atoms with Crippen LogP contribution >= 0.6 is 0 Å². The van der Waals surface area contributed by atoms with Crippen molar-refractivity contribution < 1.29 is 28.6 Å². The van der Waals surface area contributed by atoms with E-state index >= 15 is 0 Å². The number of aliphatic hydroxyl groups excluding tert-OH is 1. The van der Waals surface area contributed by atoms with Crippen LogP contribution in [0, 0.1) is 23.6 Å². The van der Waals surface area contributed by atoms with Crippen molar-refractivity contribution in [2.45, 2.75) is 51.9 Å². The Balaban J connectivity index is 1.71. The molecule has 0 saturated carbocycles. The third kappa shape index (κ3) is 6.61. The zero-order valence-electron chi connectivity index (χ0n) is 20.5. The van der Waals surface area contributed by atoms with Gasteiger partial charge in [0.05, 0.1) is 6.10 Å². The minimum absolute atomic E-state index is 0.0153. The molecule has 3 atom stereocenters. The largest absolute Gasteiger partial charge is 0.413 e. The summed E-state index contributed by atoms with van der Waals surface area (Å²) in [5.41, 5.74) is -0.120. The molecule has 0 aromatic heterocycles. The van der Waals surface area contributed by atoms with E-state index in [0.717, 1.165) is 0 Å². The van der Waals surface area contributed by atoms with Crippen molar-refractivity contribution in [3.8, 4) is 18.1 Å². The Kier molecular flexibility index (Phi) is 8.33. The standard InChI is InChI=1S/C27H30FN3O5/c1-5-17-11-12-18(21(28)13-17)15-29-24(33)22-14-19(32)16-31(22)25(34)23(27(2,3)4)30-26(35)36-20-9-7-6-8-10-20/h1,6-13,19,22-23,32H,14-16H2,2-4H3,(H,29,33)(H,30,35)/t19-,22+,23-/m1/s1. The molecule has 0 spiro atoms. The minimum atomic E-state index is -1.04. The van der Waals surface area contributed by atoms with E-state index in [1.54, 1.807) is 57.2 Å². The van der Waals surface area contributed by atoms with Crippen LogP contribution in [0.2, 0.25) is 0 Å². The average Bonchev–Trinajstić information content (AvgIpc) is 3.22. The highest BCUT2D eigenvalue weighted by Gasteiger charge is 2.44. The monoisotopic (exact) mass is 495 g/mol. The molecule has 1 heterocycles. The van der Waals surface area contributed by atoms with E-state index in [1.165, 1.54) is 17.0 Å². The number of ether oxygens (including phenoxy) is 1. The molecular formula is C27H30FN3O5.